The molecular formula is C16H25NS. The largest absolute Gasteiger partial charge is 0.185 e. The molecule has 0 aromatic rings. The summed E-state index contributed by atoms with van der Waals surface area (Å²) in [7, 11) is 0. The van der Waals surface area contributed by atoms with Gasteiger partial charge in [-0.3, -0.25) is 0 Å². The van der Waals surface area contributed by atoms with Crippen molar-refractivity contribution in [1.82, 2.24) is 0 Å². The zero-order valence-corrected chi connectivity index (χ0v) is 12.9. The number of nitriles is 1. The second kappa shape index (κ2) is 3.92. The van der Waals surface area contributed by atoms with Crippen molar-refractivity contribution in [2.45, 2.75) is 58.6 Å². The van der Waals surface area contributed by atoms with Crippen LogP contribution in [0.4, 0.5) is 0 Å². The molecule has 0 amide bonds. The van der Waals surface area contributed by atoms with Crippen molar-refractivity contribution in [3.8, 4) is 5.40 Å². The summed E-state index contributed by atoms with van der Waals surface area (Å²) in [5.74, 6) is 3.30. The van der Waals surface area contributed by atoms with E-state index in [1.54, 1.807) is 11.8 Å². The molecule has 0 N–H and O–H groups in total. The molecular weight excluding hydrogens is 238 g/mol. The molecule has 4 aliphatic carbocycles. The number of hydrogen-bond acceptors (Lipinski definition) is 2. The smallest absolute Gasteiger partial charge is 0.133 e. The van der Waals surface area contributed by atoms with Crippen LogP contribution in [-0.2, 0) is 0 Å². The van der Waals surface area contributed by atoms with Crippen LogP contribution in [0, 0.1) is 45.2 Å². The molecule has 0 saturated heterocycles. The molecule has 2 heteroatoms. The molecule has 100 valence electrons. The van der Waals surface area contributed by atoms with E-state index in [1.165, 1.54) is 25.7 Å². The van der Waals surface area contributed by atoms with Crippen molar-refractivity contribution in [2.75, 3.05) is 0 Å². The monoisotopic (exact) mass is 263 g/mol. The second-order valence-electron chi connectivity index (χ2n) is 7.85. The first kappa shape index (κ1) is 12.9. The Morgan fingerprint density at radius 1 is 1.28 bits per heavy atom. The second-order valence-corrected chi connectivity index (χ2v) is 8.78. The van der Waals surface area contributed by atoms with Gasteiger partial charge < -0.3 is 0 Å². The third-order valence-corrected chi connectivity index (χ3v) is 7.95. The SMILES string of the molecule is CC(C)[C@@H]1C[C@@H]2[C@@]3(C)CC[C@]2(C)[C@H](SC#N)[C@@H]1C3. The quantitative estimate of drug-likeness (QED) is 0.675. The van der Waals surface area contributed by atoms with Crippen molar-refractivity contribution in [1.29, 1.82) is 5.26 Å². The Bertz CT molecular complexity index is 398. The lowest BCUT2D eigenvalue weighted by molar-refractivity contribution is -0.0757. The van der Waals surface area contributed by atoms with E-state index in [-0.39, 0.29) is 0 Å². The van der Waals surface area contributed by atoms with Crippen LogP contribution in [0.25, 0.3) is 0 Å². The fourth-order valence-electron chi connectivity index (χ4n) is 5.84. The van der Waals surface area contributed by atoms with Gasteiger partial charge in [-0.05, 0) is 71.9 Å². The Balaban J connectivity index is 2.00. The minimum absolute atomic E-state index is 0.448. The summed E-state index contributed by atoms with van der Waals surface area (Å²) in [6.07, 6.45) is 5.57. The van der Waals surface area contributed by atoms with Crippen LogP contribution in [0.5, 0.6) is 0 Å². The maximum absolute atomic E-state index is 9.19. The fraction of sp³-hybridized carbons (Fsp3) is 0.938. The van der Waals surface area contributed by atoms with Gasteiger partial charge in [0.25, 0.3) is 0 Å². The van der Waals surface area contributed by atoms with Crippen molar-refractivity contribution in [2.24, 2.45) is 34.5 Å². The summed E-state index contributed by atoms with van der Waals surface area (Å²) >= 11 is 1.60. The highest BCUT2D eigenvalue weighted by atomic mass is 32.2. The first-order valence-electron chi connectivity index (χ1n) is 7.47. The van der Waals surface area contributed by atoms with Crippen molar-refractivity contribution in [3.63, 3.8) is 0 Å². The maximum Gasteiger partial charge on any atom is 0.133 e. The van der Waals surface area contributed by atoms with Crippen LogP contribution in [-0.4, -0.2) is 5.25 Å². The summed E-state index contributed by atoms with van der Waals surface area (Å²) in [5.41, 5.74) is 1.04. The Morgan fingerprint density at radius 3 is 2.61 bits per heavy atom. The van der Waals surface area contributed by atoms with Crippen molar-refractivity contribution in [3.05, 3.63) is 0 Å². The number of fused-ring (bicyclic) bond motifs is 1. The number of hydrogen-bond donors (Lipinski definition) is 0. The maximum atomic E-state index is 9.19. The van der Waals surface area contributed by atoms with Crippen molar-refractivity contribution >= 4 is 11.8 Å². The highest BCUT2D eigenvalue weighted by Crippen LogP contribution is 2.72. The lowest BCUT2D eigenvalue weighted by Gasteiger charge is -2.61. The molecule has 4 saturated carbocycles. The average Bonchev–Trinajstić information content (AvgIpc) is 2.52. The molecule has 0 heterocycles. The molecule has 4 rings (SSSR count). The molecule has 4 aliphatic rings. The Morgan fingerprint density at radius 2 is 2.00 bits per heavy atom. The summed E-state index contributed by atoms with van der Waals surface area (Å²) in [6, 6.07) is 0. The van der Waals surface area contributed by atoms with E-state index in [0.717, 1.165) is 23.7 Å². The predicted molar refractivity (Wildman–Crippen MR) is 77.0 cm³/mol. The molecule has 4 bridgehead atoms. The molecule has 18 heavy (non-hydrogen) atoms. The summed E-state index contributed by atoms with van der Waals surface area (Å²) < 4.78 is 0. The summed E-state index contributed by atoms with van der Waals surface area (Å²) in [4.78, 5) is 0. The zero-order chi connectivity index (χ0) is 13.1. The van der Waals surface area contributed by atoms with E-state index >= 15 is 0 Å². The highest BCUT2D eigenvalue weighted by molar-refractivity contribution is 8.04. The summed E-state index contributed by atoms with van der Waals surface area (Å²) in [5, 5.41) is 12.2. The van der Waals surface area contributed by atoms with Gasteiger partial charge in [-0.2, -0.15) is 5.26 Å². The minimum atomic E-state index is 0.448. The lowest BCUT2D eigenvalue weighted by atomic mass is 9.47. The molecule has 1 nitrogen and oxygen atoms in total. The van der Waals surface area contributed by atoms with E-state index < -0.39 is 0 Å². The van der Waals surface area contributed by atoms with Gasteiger partial charge in [-0.25, -0.2) is 0 Å². The average molecular weight is 263 g/mol. The standard InChI is InChI=1S/C16H25NS/c1-10(2)11-7-13-15(3)5-6-16(13,4)14(18-9-17)12(11)8-15/h10-14H,5-8H2,1-4H3/t11-,12+,13+,14+,15-,16-/m0/s1. The van der Waals surface area contributed by atoms with Gasteiger partial charge in [0.2, 0.25) is 0 Å². The third-order valence-electron chi connectivity index (χ3n) is 6.71. The van der Waals surface area contributed by atoms with Crippen LogP contribution in [0.2, 0.25) is 0 Å². The van der Waals surface area contributed by atoms with Gasteiger partial charge in [0, 0.05) is 5.25 Å². The normalized spacial score (nSPS) is 53.8. The van der Waals surface area contributed by atoms with E-state index in [4.69, 9.17) is 0 Å². The van der Waals surface area contributed by atoms with Crippen LogP contribution >= 0.6 is 11.8 Å². The fourth-order valence-corrected chi connectivity index (χ4v) is 6.98. The third kappa shape index (κ3) is 1.46. The molecule has 0 aromatic carbocycles. The minimum Gasteiger partial charge on any atom is -0.185 e. The predicted octanol–water partition coefficient (Wildman–Crippen LogP) is 4.69. The molecule has 0 radical (unpaired) electrons. The Hall–Kier alpha value is -0.160. The van der Waals surface area contributed by atoms with Gasteiger partial charge >= 0.3 is 0 Å². The molecule has 4 fully saturated rings. The van der Waals surface area contributed by atoms with E-state index in [2.05, 4.69) is 33.1 Å². The van der Waals surface area contributed by atoms with Crippen LogP contribution < -0.4 is 0 Å². The van der Waals surface area contributed by atoms with E-state index in [9.17, 15) is 5.26 Å². The Labute approximate surface area is 116 Å². The van der Waals surface area contributed by atoms with Crippen molar-refractivity contribution < 1.29 is 0 Å². The first-order chi connectivity index (χ1) is 8.42. The van der Waals surface area contributed by atoms with Gasteiger partial charge in [-0.1, -0.05) is 27.7 Å². The van der Waals surface area contributed by atoms with E-state index in [1.807, 2.05) is 0 Å². The molecule has 0 aromatic heterocycles. The Kier molecular flexibility index (Phi) is 2.80. The lowest BCUT2D eigenvalue weighted by Crippen LogP contribution is -2.57. The van der Waals surface area contributed by atoms with E-state index in [0.29, 0.717) is 16.1 Å². The zero-order valence-electron chi connectivity index (χ0n) is 12.1. The van der Waals surface area contributed by atoms with Gasteiger partial charge in [0.05, 0.1) is 0 Å². The summed E-state index contributed by atoms with van der Waals surface area (Å²) in [6.45, 7) is 9.78. The highest BCUT2D eigenvalue weighted by Gasteiger charge is 2.66. The first-order valence-corrected chi connectivity index (χ1v) is 8.35. The molecule has 0 spiro atoms. The molecule has 0 unspecified atom stereocenters. The van der Waals surface area contributed by atoms with Gasteiger partial charge in [0.15, 0.2) is 0 Å². The van der Waals surface area contributed by atoms with Crippen LogP contribution in [0.3, 0.4) is 0 Å². The van der Waals surface area contributed by atoms with Crippen LogP contribution in [0.1, 0.15) is 53.4 Å². The molecule has 0 aliphatic heterocycles. The number of rotatable bonds is 2. The number of thiocyanates is 1. The number of thioether (sulfide) groups is 1. The van der Waals surface area contributed by atoms with Gasteiger partial charge in [-0.15, -0.1) is 0 Å². The topological polar surface area (TPSA) is 23.8 Å². The van der Waals surface area contributed by atoms with Gasteiger partial charge in [0.1, 0.15) is 5.40 Å². The van der Waals surface area contributed by atoms with Crippen LogP contribution in [0.15, 0.2) is 0 Å². The number of nitrogens with zero attached hydrogens (tertiary/aromatic N) is 1. The molecule has 6 atom stereocenters.